The van der Waals surface area contributed by atoms with Gasteiger partial charge in [0.1, 0.15) is 0 Å². The van der Waals surface area contributed by atoms with Crippen molar-refractivity contribution in [3.8, 4) is 0 Å². The van der Waals surface area contributed by atoms with Gasteiger partial charge in [0.05, 0.1) is 31.1 Å². The van der Waals surface area contributed by atoms with Gasteiger partial charge in [-0.2, -0.15) is 0 Å². The smallest absolute Gasteiger partial charge is 0.161 e. The summed E-state index contributed by atoms with van der Waals surface area (Å²) in [7, 11) is -2.95. The zero-order valence-corrected chi connectivity index (χ0v) is 10.5. The van der Waals surface area contributed by atoms with Crippen molar-refractivity contribution in [3.63, 3.8) is 0 Å². The minimum absolute atomic E-state index is 0.0330. The molecule has 1 aromatic rings. The van der Waals surface area contributed by atoms with Crippen LogP contribution in [0.3, 0.4) is 0 Å². The summed E-state index contributed by atoms with van der Waals surface area (Å²) in [6.45, 7) is 0.879. The molecule has 1 aliphatic rings. The van der Waals surface area contributed by atoms with Crippen LogP contribution in [0.5, 0.6) is 0 Å². The van der Waals surface area contributed by atoms with Crippen molar-refractivity contribution in [2.24, 2.45) is 0 Å². The van der Waals surface area contributed by atoms with E-state index in [0.29, 0.717) is 13.0 Å². The predicted octanol–water partition coefficient (Wildman–Crippen LogP) is 0.972. The minimum atomic E-state index is -2.95. The second kappa shape index (κ2) is 4.76. The van der Waals surface area contributed by atoms with Crippen LogP contribution in [-0.2, 0) is 16.3 Å². The zero-order valence-electron chi connectivity index (χ0n) is 9.71. The molecule has 1 saturated heterocycles. The van der Waals surface area contributed by atoms with E-state index in [2.05, 4.69) is 0 Å². The Morgan fingerprint density at radius 1 is 1.12 bits per heavy atom. The van der Waals surface area contributed by atoms with Crippen LogP contribution >= 0.6 is 0 Å². The normalized spacial score (nSPS) is 22.2. The molecule has 0 N–H and O–H groups in total. The number of quaternary nitrogens is 1. The lowest BCUT2D eigenvalue weighted by Gasteiger charge is -2.45. The highest BCUT2D eigenvalue weighted by Crippen LogP contribution is 2.14. The molecule has 2 rings (SSSR count). The second-order valence-electron chi connectivity index (χ2n) is 4.62. The number of hydrogen-bond acceptors (Lipinski definition) is 3. The third kappa shape index (κ3) is 3.52. The number of nitrogens with zero attached hydrogens (tertiary/aromatic N) is 1. The molecule has 0 spiro atoms. The Morgan fingerprint density at radius 3 is 2.29 bits per heavy atom. The monoisotopic (exact) mass is 255 g/mol. The fourth-order valence-corrected chi connectivity index (χ4v) is 3.45. The summed E-state index contributed by atoms with van der Waals surface area (Å²) in [6.07, 6.45) is 0.713. The van der Waals surface area contributed by atoms with Gasteiger partial charge in [-0.3, -0.25) is 0 Å². The lowest BCUT2D eigenvalue weighted by molar-refractivity contribution is -0.877. The molecule has 5 heteroatoms. The summed E-state index contributed by atoms with van der Waals surface area (Å²) in [5, 5.41) is 12.3. The van der Waals surface area contributed by atoms with Crippen molar-refractivity contribution in [3.05, 3.63) is 41.1 Å². The summed E-state index contributed by atoms with van der Waals surface area (Å²) < 4.78 is 22.2. The highest BCUT2D eigenvalue weighted by molar-refractivity contribution is 7.91. The van der Waals surface area contributed by atoms with Gasteiger partial charge in [0.15, 0.2) is 9.84 Å². The Bertz CT molecular complexity index is 456. The van der Waals surface area contributed by atoms with Gasteiger partial charge in [0.2, 0.25) is 0 Å². The maximum Gasteiger partial charge on any atom is 0.161 e. The molecule has 1 heterocycles. The first-order chi connectivity index (χ1) is 7.99. The highest BCUT2D eigenvalue weighted by atomic mass is 32.2. The number of rotatable bonds is 3. The van der Waals surface area contributed by atoms with Gasteiger partial charge in [-0.1, -0.05) is 30.3 Å². The molecule has 1 fully saturated rings. The molecule has 4 nitrogen and oxygen atoms in total. The third-order valence-corrected chi connectivity index (χ3v) is 4.88. The quantitative estimate of drug-likeness (QED) is 0.597. The molecule has 0 amide bonds. The maximum atomic E-state index is 12.3. The Kier molecular flexibility index (Phi) is 3.51. The van der Waals surface area contributed by atoms with E-state index in [4.69, 9.17) is 0 Å². The summed E-state index contributed by atoms with van der Waals surface area (Å²) in [5.74, 6) is 0.0661. The van der Waals surface area contributed by atoms with Crippen LogP contribution in [0.2, 0.25) is 0 Å². The van der Waals surface area contributed by atoms with Crippen molar-refractivity contribution < 1.29 is 13.1 Å². The Labute approximate surface area is 102 Å². The largest absolute Gasteiger partial charge is 0.633 e. The Morgan fingerprint density at radius 2 is 1.71 bits per heavy atom. The summed E-state index contributed by atoms with van der Waals surface area (Å²) in [5.41, 5.74) is 1.13. The first kappa shape index (κ1) is 12.5. The van der Waals surface area contributed by atoms with Crippen LogP contribution in [0.15, 0.2) is 30.3 Å². The number of hydrogen-bond donors (Lipinski definition) is 0. The van der Waals surface area contributed by atoms with Crippen LogP contribution in [0.25, 0.3) is 0 Å². The molecule has 0 radical (unpaired) electrons. The van der Waals surface area contributed by atoms with Gasteiger partial charge in [0.25, 0.3) is 0 Å². The van der Waals surface area contributed by atoms with Gasteiger partial charge in [-0.15, -0.1) is 0 Å². The summed E-state index contributed by atoms with van der Waals surface area (Å²) in [6, 6.07) is 9.83. The van der Waals surface area contributed by atoms with Crippen LogP contribution in [-0.4, -0.2) is 44.2 Å². The maximum absolute atomic E-state index is 12.3. The fourth-order valence-electron chi connectivity index (χ4n) is 2.03. The first-order valence-electron chi connectivity index (χ1n) is 5.81. The Hall–Kier alpha value is -0.910. The lowest BCUT2D eigenvalue weighted by atomic mass is 10.1. The summed E-state index contributed by atoms with van der Waals surface area (Å²) >= 11 is 0. The van der Waals surface area contributed by atoms with E-state index in [-0.39, 0.29) is 29.2 Å². The van der Waals surface area contributed by atoms with E-state index < -0.39 is 9.84 Å². The van der Waals surface area contributed by atoms with E-state index in [1.165, 1.54) is 0 Å². The van der Waals surface area contributed by atoms with Gasteiger partial charge in [-0.25, -0.2) is 8.42 Å². The molecule has 0 aromatic heterocycles. The molecule has 0 saturated carbocycles. The molecule has 0 bridgehead atoms. The minimum Gasteiger partial charge on any atom is -0.633 e. The second-order valence-corrected chi connectivity index (χ2v) is 6.92. The van der Waals surface area contributed by atoms with Gasteiger partial charge in [0, 0.05) is 6.42 Å². The SMILES string of the molecule is O=S1(=O)CC[N+]([O-])(CCc2ccccc2)CC1. The van der Waals surface area contributed by atoms with Crippen molar-refractivity contribution in [1.29, 1.82) is 0 Å². The van der Waals surface area contributed by atoms with E-state index in [1.54, 1.807) is 0 Å². The van der Waals surface area contributed by atoms with E-state index in [1.807, 2.05) is 30.3 Å². The Balaban J connectivity index is 1.91. The van der Waals surface area contributed by atoms with E-state index in [0.717, 1.165) is 5.56 Å². The topological polar surface area (TPSA) is 57.2 Å². The molecule has 94 valence electrons. The van der Waals surface area contributed by atoms with Crippen LogP contribution in [0, 0.1) is 5.21 Å². The van der Waals surface area contributed by atoms with E-state index in [9.17, 15) is 13.6 Å². The van der Waals surface area contributed by atoms with Crippen LogP contribution in [0.1, 0.15) is 5.56 Å². The number of benzene rings is 1. The van der Waals surface area contributed by atoms with Gasteiger partial charge < -0.3 is 9.85 Å². The average Bonchev–Trinajstić information content (AvgIpc) is 2.33. The highest BCUT2D eigenvalue weighted by Gasteiger charge is 2.29. The first-order valence-corrected chi connectivity index (χ1v) is 7.63. The lowest BCUT2D eigenvalue weighted by Crippen LogP contribution is -2.53. The van der Waals surface area contributed by atoms with Crippen molar-refractivity contribution in [1.82, 2.24) is 0 Å². The molecule has 1 aliphatic heterocycles. The molecule has 17 heavy (non-hydrogen) atoms. The molecule has 0 aliphatic carbocycles. The van der Waals surface area contributed by atoms with Crippen LogP contribution in [0.4, 0.5) is 0 Å². The van der Waals surface area contributed by atoms with Gasteiger partial charge in [-0.05, 0) is 5.56 Å². The molecular weight excluding hydrogens is 238 g/mol. The standard InChI is InChI=1S/C12H17NO3S/c14-13(8-10-17(15,16)11-9-13)7-6-12-4-2-1-3-5-12/h1-5H,6-11H2. The molecular formula is C12H17NO3S. The van der Waals surface area contributed by atoms with Gasteiger partial charge >= 0.3 is 0 Å². The van der Waals surface area contributed by atoms with Crippen LogP contribution < -0.4 is 0 Å². The number of hydroxylamine groups is 3. The molecule has 0 unspecified atom stereocenters. The molecule has 1 aromatic carbocycles. The predicted molar refractivity (Wildman–Crippen MR) is 67.0 cm³/mol. The summed E-state index contributed by atoms with van der Waals surface area (Å²) in [4.78, 5) is 0. The zero-order chi connectivity index (χ0) is 12.4. The fraction of sp³-hybridized carbons (Fsp3) is 0.500. The number of sulfone groups is 1. The third-order valence-electron chi connectivity index (χ3n) is 3.27. The molecule has 0 atom stereocenters. The van der Waals surface area contributed by atoms with Crippen molar-refractivity contribution in [2.75, 3.05) is 31.1 Å². The van der Waals surface area contributed by atoms with Crippen molar-refractivity contribution >= 4 is 9.84 Å². The van der Waals surface area contributed by atoms with E-state index >= 15 is 0 Å². The van der Waals surface area contributed by atoms with Crippen molar-refractivity contribution in [2.45, 2.75) is 6.42 Å². The average molecular weight is 255 g/mol.